The SMILES string of the molecule is CN1CCCC[C@@H]1C(=O)NCc1cccnc1-n1ccnc1. The Morgan fingerprint density at radius 1 is 1.41 bits per heavy atom. The Hall–Kier alpha value is -2.21. The van der Waals surface area contributed by atoms with Crippen LogP contribution in [0.15, 0.2) is 37.1 Å². The van der Waals surface area contributed by atoms with Crippen LogP contribution in [0.5, 0.6) is 0 Å². The van der Waals surface area contributed by atoms with Crippen LogP contribution in [-0.2, 0) is 11.3 Å². The molecule has 2 aromatic heterocycles. The second-order valence-corrected chi connectivity index (χ2v) is 5.67. The Morgan fingerprint density at radius 2 is 2.32 bits per heavy atom. The fourth-order valence-corrected chi connectivity index (χ4v) is 2.89. The first-order valence-electron chi connectivity index (χ1n) is 7.66. The van der Waals surface area contributed by atoms with E-state index in [-0.39, 0.29) is 11.9 Å². The Morgan fingerprint density at radius 3 is 3.09 bits per heavy atom. The smallest absolute Gasteiger partial charge is 0.237 e. The molecule has 0 aromatic carbocycles. The van der Waals surface area contributed by atoms with Crippen LogP contribution in [0.4, 0.5) is 0 Å². The van der Waals surface area contributed by atoms with Gasteiger partial charge < -0.3 is 5.32 Å². The highest BCUT2D eigenvalue weighted by atomic mass is 16.2. The zero-order chi connectivity index (χ0) is 15.4. The number of amides is 1. The van der Waals surface area contributed by atoms with Crippen molar-refractivity contribution < 1.29 is 4.79 Å². The molecule has 22 heavy (non-hydrogen) atoms. The molecule has 1 amide bonds. The molecule has 2 aromatic rings. The number of likely N-dealkylation sites (tertiary alicyclic amines) is 1. The zero-order valence-electron chi connectivity index (χ0n) is 12.8. The van der Waals surface area contributed by atoms with Gasteiger partial charge in [0.2, 0.25) is 5.91 Å². The molecule has 0 bridgehead atoms. The lowest BCUT2D eigenvalue weighted by atomic mass is 10.0. The number of pyridine rings is 1. The summed E-state index contributed by atoms with van der Waals surface area (Å²) in [6, 6.07) is 3.85. The van der Waals surface area contributed by atoms with E-state index in [9.17, 15) is 4.79 Å². The monoisotopic (exact) mass is 299 g/mol. The number of hydrogen-bond donors (Lipinski definition) is 1. The molecule has 116 valence electrons. The number of nitrogens with zero attached hydrogens (tertiary/aromatic N) is 4. The third kappa shape index (κ3) is 3.17. The molecule has 1 aliphatic rings. The molecule has 6 heteroatoms. The summed E-state index contributed by atoms with van der Waals surface area (Å²) in [6.07, 6.45) is 10.3. The van der Waals surface area contributed by atoms with Crippen LogP contribution in [-0.4, -0.2) is 45.0 Å². The van der Waals surface area contributed by atoms with Gasteiger partial charge in [0.1, 0.15) is 12.1 Å². The molecular formula is C16H21N5O. The average molecular weight is 299 g/mol. The Balaban J connectivity index is 1.68. The first kappa shape index (κ1) is 14.7. The lowest BCUT2D eigenvalue weighted by Gasteiger charge is -2.31. The van der Waals surface area contributed by atoms with E-state index in [1.54, 1.807) is 18.7 Å². The first-order valence-corrected chi connectivity index (χ1v) is 7.66. The van der Waals surface area contributed by atoms with Gasteiger partial charge in [-0.25, -0.2) is 9.97 Å². The van der Waals surface area contributed by atoms with Gasteiger partial charge in [0.05, 0.1) is 6.04 Å². The van der Waals surface area contributed by atoms with Crippen LogP contribution in [0.25, 0.3) is 5.82 Å². The molecule has 0 unspecified atom stereocenters. The molecule has 0 aliphatic carbocycles. The molecule has 1 atom stereocenters. The van der Waals surface area contributed by atoms with Crippen LogP contribution < -0.4 is 5.32 Å². The van der Waals surface area contributed by atoms with Gasteiger partial charge in [0, 0.05) is 30.7 Å². The van der Waals surface area contributed by atoms with Crippen LogP contribution in [0.1, 0.15) is 24.8 Å². The number of nitrogens with one attached hydrogen (secondary N) is 1. The van der Waals surface area contributed by atoms with Crippen molar-refractivity contribution in [2.24, 2.45) is 0 Å². The molecular weight excluding hydrogens is 278 g/mol. The maximum atomic E-state index is 12.4. The molecule has 1 aliphatic heterocycles. The predicted octanol–water partition coefficient (Wildman–Crippen LogP) is 1.37. The van der Waals surface area contributed by atoms with E-state index >= 15 is 0 Å². The highest BCUT2D eigenvalue weighted by Gasteiger charge is 2.25. The molecule has 1 N–H and O–H groups in total. The molecule has 3 heterocycles. The van der Waals surface area contributed by atoms with Crippen molar-refractivity contribution in [3.05, 3.63) is 42.6 Å². The second-order valence-electron chi connectivity index (χ2n) is 5.67. The minimum atomic E-state index is -0.0119. The van der Waals surface area contributed by atoms with Crippen molar-refractivity contribution in [1.29, 1.82) is 0 Å². The fourth-order valence-electron chi connectivity index (χ4n) is 2.89. The number of aromatic nitrogens is 3. The molecule has 6 nitrogen and oxygen atoms in total. The second kappa shape index (κ2) is 6.70. The minimum absolute atomic E-state index is 0.0119. The Kier molecular flexibility index (Phi) is 4.48. The van der Waals surface area contributed by atoms with Crippen LogP contribution in [0.3, 0.4) is 0 Å². The van der Waals surface area contributed by atoms with Crippen LogP contribution in [0, 0.1) is 0 Å². The average Bonchev–Trinajstić information content (AvgIpc) is 3.07. The van der Waals surface area contributed by atoms with Gasteiger partial charge >= 0.3 is 0 Å². The molecule has 0 radical (unpaired) electrons. The zero-order valence-corrected chi connectivity index (χ0v) is 12.8. The molecule has 0 spiro atoms. The van der Waals surface area contributed by atoms with E-state index in [1.165, 1.54) is 6.42 Å². The largest absolute Gasteiger partial charge is 0.351 e. The fraction of sp³-hybridized carbons (Fsp3) is 0.438. The van der Waals surface area contributed by atoms with Crippen molar-refractivity contribution >= 4 is 5.91 Å². The van der Waals surface area contributed by atoms with E-state index in [4.69, 9.17) is 0 Å². The van der Waals surface area contributed by atoms with Gasteiger partial charge in [0.25, 0.3) is 0 Å². The van der Waals surface area contributed by atoms with E-state index in [2.05, 4.69) is 20.2 Å². The number of carbonyl (C=O) groups excluding carboxylic acids is 1. The minimum Gasteiger partial charge on any atom is -0.351 e. The van der Waals surface area contributed by atoms with Gasteiger partial charge in [-0.3, -0.25) is 14.3 Å². The summed E-state index contributed by atoms with van der Waals surface area (Å²) in [4.78, 5) is 23.0. The summed E-state index contributed by atoms with van der Waals surface area (Å²) in [7, 11) is 2.02. The highest BCUT2D eigenvalue weighted by molar-refractivity contribution is 5.81. The summed E-state index contributed by atoms with van der Waals surface area (Å²) >= 11 is 0. The normalized spacial score (nSPS) is 19.0. The Bertz CT molecular complexity index is 625. The van der Waals surface area contributed by atoms with Gasteiger partial charge in [0.15, 0.2) is 0 Å². The summed E-state index contributed by atoms with van der Waals surface area (Å²) in [5.41, 5.74) is 0.979. The van der Waals surface area contributed by atoms with E-state index in [0.717, 1.165) is 30.8 Å². The lowest BCUT2D eigenvalue weighted by molar-refractivity contribution is -0.127. The highest BCUT2D eigenvalue weighted by Crippen LogP contribution is 2.16. The number of rotatable bonds is 4. The first-order chi connectivity index (χ1) is 10.8. The summed E-state index contributed by atoms with van der Waals surface area (Å²) < 4.78 is 1.86. The van der Waals surface area contributed by atoms with E-state index in [1.807, 2.05) is 29.9 Å². The van der Waals surface area contributed by atoms with Gasteiger partial charge in [-0.2, -0.15) is 0 Å². The number of carbonyl (C=O) groups is 1. The van der Waals surface area contributed by atoms with Gasteiger partial charge in [-0.15, -0.1) is 0 Å². The summed E-state index contributed by atoms with van der Waals surface area (Å²) in [6.45, 7) is 1.47. The molecule has 1 fully saturated rings. The quantitative estimate of drug-likeness (QED) is 0.926. The maximum absolute atomic E-state index is 12.4. The number of likely N-dealkylation sites (N-methyl/N-ethyl adjacent to an activating group) is 1. The van der Waals surface area contributed by atoms with Crippen LogP contribution >= 0.6 is 0 Å². The van der Waals surface area contributed by atoms with Crippen molar-refractivity contribution in [3.8, 4) is 5.82 Å². The van der Waals surface area contributed by atoms with Crippen molar-refractivity contribution in [3.63, 3.8) is 0 Å². The third-order valence-electron chi connectivity index (χ3n) is 4.14. The standard InChI is InChI=1S/C16H21N5O/c1-20-9-3-2-6-14(20)16(22)19-11-13-5-4-7-18-15(13)21-10-8-17-12-21/h4-5,7-8,10,12,14H,2-3,6,9,11H2,1H3,(H,19,22)/t14-/m1/s1. The predicted molar refractivity (Wildman–Crippen MR) is 83.5 cm³/mol. The summed E-state index contributed by atoms with van der Waals surface area (Å²) in [5.74, 6) is 0.903. The topological polar surface area (TPSA) is 63.1 Å². The number of imidazole rings is 1. The van der Waals surface area contributed by atoms with Crippen molar-refractivity contribution in [2.75, 3.05) is 13.6 Å². The van der Waals surface area contributed by atoms with Crippen LogP contribution in [0.2, 0.25) is 0 Å². The third-order valence-corrected chi connectivity index (χ3v) is 4.14. The Labute approximate surface area is 130 Å². The van der Waals surface area contributed by atoms with E-state index in [0.29, 0.717) is 6.54 Å². The van der Waals surface area contributed by atoms with Gasteiger partial charge in [-0.05, 0) is 32.5 Å². The van der Waals surface area contributed by atoms with Gasteiger partial charge in [-0.1, -0.05) is 12.5 Å². The number of piperidine rings is 1. The molecule has 3 rings (SSSR count). The lowest BCUT2D eigenvalue weighted by Crippen LogP contribution is -2.47. The maximum Gasteiger partial charge on any atom is 0.237 e. The van der Waals surface area contributed by atoms with Crippen molar-refractivity contribution in [2.45, 2.75) is 31.8 Å². The molecule has 0 saturated carbocycles. The van der Waals surface area contributed by atoms with Crippen molar-refractivity contribution in [1.82, 2.24) is 24.8 Å². The summed E-state index contributed by atoms with van der Waals surface area (Å²) in [5, 5.41) is 3.05. The molecule has 1 saturated heterocycles. The number of hydrogen-bond acceptors (Lipinski definition) is 4. The van der Waals surface area contributed by atoms with E-state index < -0.39 is 0 Å².